The lowest BCUT2D eigenvalue weighted by Gasteiger charge is -2.35. The summed E-state index contributed by atoms with van der Waals surface area (Å²) in [5, 5.41) is 0.979. The number of methoxy groups -OCH3 is 1. The summed E-state index contributed by atoms with van der Waals surface area (Å²) in [5.41, 5.74) is 0.201. The summed E-state index contributed by atoms with van der Waals surface area (Å²) >= 11 is 3.50. The Hall–Kier alpha value is 0.400. The second kappa shape index (κ2) is 5.20. The van der Waals surface area contributed by atoms with E-state index in [0.717, 1.165) is 11.9 Å². The van der Waals surface area contributed by atoms with Crippen LogP contribution in [0.4, 0.5) is 0 Å². The van der Waals surface area contributed by atoms with Crippen LogP contribution in [0.1, 0.15) is 20.8 Å². The van der Waals surface area contributed by atoms with Gasteiger partial charge in [-0.3, -0.25) is 4.90 Å². The summed E-state index contributed by atoms with van der Waals surface area (Å²) in [6.07, 6.45) is 0.299. The summed E-state index contributed by atoms with van der Waals surface area (Å²) in [6.45, 7) is 7.48. The van der Waals surface area contributed by atoms with Crippen molar-refractivity contribution in [1.82, 2.24) is 4.90 Å². The van der Waals surface area contributed by atoms with Crippen LogP contribution < -0.4 is 0 Å². The third-order valence-electron chi connectivity index (χ3n) is 2.29. The molecule has 0 aromatic carbocycles. The van der Waals surface area contributed by atoms with Crippen molar-refractivity contribution in [3.63, 3.8) is 0 Å². The van der Waals surface area contributed by atoms with Crippen molar-refractivity contribution in [3.8, 4) is 0 Å². The quantitative estimate of drug-likeness (QED) is 0.680. The molecule has 0 aromatic heterocycles. The van der Waals surface area contributed by atoms with E-state index in [2.05, 4.69) is 48.6 Å². The van der Waals surface area contributed by atoms with Gasteiger partial charge in [-0.1, -0.05) is 15.9 Å². The van der Waals surface area contributed by atoms with Gasteiger partial charge in [0.25, 0.3) is 0 Å². The molecule has 74 valence electrons. The number of rotatable bonds is 5. The number of ether oxygens (including phenoxy) is 1. The Morgan fingerprint density at radius 1 is 1.50 bits per heavy atom. The summed E-state index contributed by atoms with van der Waals surface area (Å²) in [4.78, 5) is 2.30. The van der Waals surface area contributed by atoms with Gasteiger partial charge in [0.2, 0.25) is 0 Å². The van der Waals surface area contributed by atoms with Crippen LogP contribution in [0.3, 0.4) is 0 Å². The van der Waals surface area contributed by atoms with Gasteiger partial charge in [-0.05, 0) is 27.8 Å². The number of alkyl halides is 1. The average Bonchev–Trinajstić information content (AvgIpc) is 2.04. The zero-order chi connectivity index (χ0) is 9.78. The molecule has 0 amide bonds. The molecule has 0 saturated heterocycles. The first kappa shape index (κ1) is 12.4. The van der Waals surface area contributed by atoms with Crippen molar-refractivity contribution in [2.45, 2.75) is 32.4 Å². The van der Waals surface area contributed by atoms with Crippen LogP contribution in [0.2, 0.25) is 0 Å². The van der Waals surface area contributed by atoms with E-state index >= 15 is 0 Å². The largest absolute Gasteiger partial charge is 0.380 e. The van der Waals surface area contributed by atoms with Gasteiger partial charge in [-0.15, -0.1) is 0 Å². The maximum Gasteiger partial charge on any atom is 0.0670 e. The Kier molecular flexibility index (Phi) is 5.37. The molecule has 0 rings (SSSR count). The van der Waals surface area contributed by atoms with Gasteiger partial charge in [-0.2, -0.15) is 0 Å². The molecular weight excluding hydrogens is 218 g/mol. The minimum atomic E-state index is 0.201. The fraction of sp³-hybridized carbons (Fsp3) is 1.00. The molecule has 1 unspecified atom stereocenters. The lowest BCUT2D eigenvalue weighted by atomic mass is 10.1. The van der Waals surface area contributed by atoms with Crippen LogP contribution in [0, 0.1) is 0 Å². The van der Waals surface area contributed by atoms with Crippen molar-refractivity contribution in [3.05, 3.63) is 0 Å². The fourth-order valence-electron chi connectivity index (χ4n) is 0.809. The smallest absolute Gasteiger partial charge is 0.0670 e. The molecule has 0 radical (unpaired) electrons. The van der Waals surface area contributed by atoms with Crippen LogP contribution in [0.5, 0.6) is 0 Å². The molecule has 0 aliphatic carbocycles. The Morgan fingerprint density at radius 3 is 2.33 bits per heavy atom. The van der Waals surface area contributed by atoms with E-state index in [1.165, 1.54) is 0 Å². The zero-order valence-corrected chi connectivity index (χ0v) is 10.3. The van der Waals surface area contributed by atoms with E-state index in [-0.39, 0.29) is 5.54 Å². The fourth-order valence-corrected chi connectivity index (χ4v) is 1.24. The number of likely N-dealkylation sites (N-methyl/N-ethyl adjacent to an activating group) is 1. The van der Waals surface area contributed by atoms with Crippen LogP contribution in [0.15, 0.2) is 0 Å². The van der Waals surface area contributed by atoms with Gasteiger partial charge in [0.1, 0.15) is 0 Å². The van der Waals surface area contributed by atoms with Gasteiger partial charge < -0.3 is 4.74 Å². The van der Waals surface area contributed by atoms with E-state index in [0.29, 0.717) is 6.10 Å². The predicted molar refractivity (Wildman–Crippen MR) is 57.0 cm³/mol. The van der Waals surface area contributed by atoms with Crippen LogP contribution >= 0.6 is 15.9 Å². The molecule has 0 bridgehead atoms. The molecule has 0 aromatic rings. The van der Waals surface area contributed by atoms with Crippen molar-refractivity contribution in [2.24, 2.45) is 0 Å². The molecule has 0 fully saturated rings. The molecule has 3 heteroatoms. The molecule has 0 heterocycles. The van der Waals surface area contributed by atoms with Gasteiger partial charge in [0, 0.05) is 24.5 Å². The second-order valence-corrected chi connectivity index (χ2v) is 4.43. The third kappa shape index (κ3) is 3.87. The number of halogens is 1. The van der Waals surface area contributed by atoms with E-state index < -0.39 is 0 Å². The second-order valence-electron chi connectivity index (χ2n) is 3.87. The molecule has 0 spiro atoms. The van der Waals surface area contributed by atoms with Gasteiger partial charge in [0.05, 0.1) is 6.10 Å². The lowest BCUT2D eigenvalue weighted by Crippen LogP contribution is -2.45. The van der Waals surface area contributed by atoms with Crippen molar-refractivity contribution in [2.75, 3.05) is 26.0 Å². The van der Waals surface area contributed by atoms with E-state index in [1.54, 1.807) is 7.11 Å². The molecule has 0 aliphatic rings. The standard InChI is InChI=1S/C9H20BrNO/c1-8(12-5)6-11(4)9(2,3)7-10/h8H,6-7H2,1-5H3. The highest BCUT2D eigenvalue weighted by Crippen LogP contribution is 2.15. The predicted octanol–water partition coefficient (Wildman–Crippen LogP) is 2.13. The first-order valence-electron chi connectivity index (χ1n) is 4.24. The number of hydrogen-bond donors (Lipinski definition) is 0. The van der Waals surface area contributed by atoms with Crippen LogP contribution in [-0.4, -0.2) is 42.6 Å². The summed E-state index contributed by atoms with van der Waals surface area (Å²) in [7, 11) is 3.87. The Labute approximate surface area is 84.4 Å². The Morgan fingerprint density at radius 2 is 2.00 bits per heavy atom. The highest BCUT2D eigenvalue weighted by molar-refractivity contribution is 9.09. The molecular formula is C9H20BrNO. The van der Waals surface area contributed by atoms with Crippen LogP contribution in [-0.2, 0) is 4.74 Å². The van der Waals surface area contributed by atoms with Gasteiger partial charge >= 0.3 is 0 Å². The molecule has 0 N–H and O–H groups in total. The molecule has 0 saturated carbocycles. The zero-order valence-electron chi connectivity index (χ0n) is 8.72. The van der Waals surface area contributed by atoms with E-state index in [9.17, 15) is 0 Å². The highest BCUT2D eigenvalue weighted by Gasteiger charge is 2.22. The maximum atomic E-state index is 5.20. The third-order valence-corrected chi connectivity index (χ3v) is 3.67. The minimum absolute atomic E-state index is 0.201. The molecule has 1 atom stereocenters. The average molecular weight is 238 g/mol. The monoisotopic (exact) mass is 237 g/mol. The number of hydrogen-bond acceptors (Lipinski definition) is 2. The SMILES string of the molecule is COC(C)CN(C)C(C)(C)CBr. The molecule has 0 aliphatic heterocycles. The van der Waals surface area contributed by atoms with Gasteiger partial charge in [-0.25, -0.2) is 0 Å². The molecule has 12 heavy (non-hydrogen) atoms. The first-order chi connectivity index (χ1) is 5.44. The van der Waals surface area contributed by atoms with E-state index in [4.69, 9.17) is 4.74 Å². The maximum absolute atomic E-state index is 5.20. The van der Waals surface area contributed by atoms with Crippen molar-refractivity contribution < 1.29 is 4.74 Å². The van der Waals surface area contributed by atoms with Crippen molar-refractivity contribution >= 4 is 15.9 Å². The van der Waals surface area contributed by atoms with Crippen LogP contribution in [0.25, 0.3) is 0 Å². The van der Waals surface area contributed by atoms with E-state index in [1.807, 2.05) is 0 Å². The topological polar surface area (TPSA) is 12.5 Å². The number of nitrogens with zero attached hydrogens (tertiary/aromatic N) is 1. The normalized spacial score (nSPS) is 15.2. The minimum Gasteiger partial charge on any atom is -0.380 e. The molecule has 2 nitrogen and oxygen atoms in total. The Bertz CT molecular complexity index is 128. The lowest BCUT2D eigenvalue weighted by molar-refractivity contribution is 0.0563. The summed E-state index contributed by atoms with van der Waals surface area (Å²) in [5.74, 6) is 0. The first-order valence-corrected chi connectivity index (χ1v) is 5.36. The highest BCUT2D eigenvalue weighted by atomic mass is 79.9. The summed E-state index contributed by atoms with van der Waals surface area (Å²) < 4.78 is 5.20. The Balaban J connectivity index is 3.93. The van der Waals surface area contributed by atoms with Gasteiger partial charge in [0.15, 0.2) is 0 Å². The summed E-state index contributed by atoms with van der Waals surface area (Å²) in [6, 6.07) is 0. The van der Waals surface area contributed by atoms with Crippen molar-refractivity contribution in [1.29, 1.82) is 0 Å².